The molecule has 0 saturated carbocycles. The summed E-state index contributed by atoms with van der Waals surface area (Å²) in [6.45, 7) is 4.86. The summed E-state index contributed by atoms with van der Waals surface area (Å²) in [5.74, 6) is 0. The van der Waals surface area contributed by atoms with E-state index in [1.165, 1.54) is 10.5 Å². The van der Waals surface area contributed by atoms with E-state index in [9.17, 15) is 4.79 Å². The van der Waals surface area contributed by atoms with Crippen molar-refractivity contribution in [3.8, 4) is 0 Å². The topological polar surface area (TPSA) is 43.8 Å². The first kappa shape index (κ1) is 13.5. The molecule has 1 amide bonds. The highest BCUT2D eigenvalue weighted by atomic mass is 16.4. The zero-order chi connectivity index (χ0) is 13.2. The molecule has 4 heteroatoms. The molecule has 4 nitrogen and oxygen atoms in total. The summed E-state index contributed by atoms with van der Waals surface area (Å²) in [5.41, 5.74) is 4.16. The predicted octanol–water partition coefficient (Wildman–Crippen LogP) is 2.48. The highest BCUT2D eigenvalue weighted by molar-refractivity contribution is 5.86. The number of carbonyl (C=O) groups is 1. The molecular formula is C13H20N2O2. The molecule has 0 aliphatic rings. The van der Waals surface area contributed by atoms with Crippen LogP contribution in [-0.2, 0) is 6.54 Å². The number of nitrogens with zero attached hydrogens (tertiary/aromatic N) is 2. The van der Waals surface area contributed by atoms with Gasteiger partial charge in [-0.1, -0.05) is 6.07 Å². The third-order valence-corrected chi connectivity index (χ3v) is 3.01. The molecule has 0 aromatic heterocycles. The number of anilines is 1. The van der Waals surface area contributed by atoms with E-state index in [0.29, 0.717) is 0 Å². The van der Waals surface area contributed by atoms with Crippen molar-refractivity contribution in [1.29, 1.82) is 0 Å². The lowest BCUT2D eigenvalue weighted by Crippen LogP contribution is -2.25. The molecule has 0 bridgehead atoms. The number of amides is 1. The molecule has 1 aromatic rings. The second kappa shape index (κ2) is 5.19. The van der Waals surface area contributed by atoms with Crippen LogP contribution in [0.15, 0.2) is 12.1 Å². The Kier molecular flexibility index (Phi) is 4.12. The summed E-state index contributed by atoms with van der Waals surface area (Å²) in [5, 5.41) is 8.98. The lowest BCUT2D eigenvalue weighted by Gasteiger charge is -2.20. The van der Waals surface area contributed by atoms with Crippen LogP contribution >= 0.6 is 0 Å². The van der Waals surface area contributed by atoms with Gasteiger partial charge in [-0.25, -0.2) is 4.79 Å². The van der Waals surface area contributed by atoms with Gasteiger partial charge in [0.1, 0.15) is 0 Å². The van der Waals surface area contributed by atoms with E-state index in [0.717, 1.165) is 23.4 Å². The van der Waals surface area contributed by atoms with Crippen molar-refractivity contribution in [3.05, 3.63) is 28.8 Å². The van der Waals surface area contributed by atoms with E-state index in [4.69, 9.17) is 5.11 Å². The number of carboxylic acid groups (broad SMARTS) is 1. The SMILES string of the molecule is Cc1c(CN(C)C)ccc(N(C)C(=O)O)c1C. The third kappa shape index (κ3) is 2.97. The minimum atomic E-state index is -0.937. The average Bonchev–Trinajstić information content (AvgIpc) is 2.23. The number of hydrogen-bond donors (Lipinski definition) is 1. The Morgan fingerprint density at radius 3 is 2.24 bits per heavy atom. The molecule has 94 valence electrons. The van der Waals surface area contributed by atoms with E-state index in [1.807, 2.05) is 40.1 Å². The quantitative estimate of drug-likeness (QED) is 0.876. The van der Waals surface area contributed by atoms with Crippen LogP contribution in [0.25, 0.3) is 0 Å². The van der Waals surface area contributed by atoms with Crippen LogP contribution in [0.3, 0.4) is 0 Å². The van der Waals surface area contributed by atoms with Crippen molar-refractivity contribution in [2.24, 2.45) is 0 Å². The van der Waals surface area contributed by atoms with Crippen molar-refractivity contribution >= 4 is 11.8 Å². The van der Waals surface area contributed by atoms with Crippen LogP contribution in [0.2, 0.25) is 0 Å². The molecular weight excluding hydrogens is 216 g/mol. The maximum absolute atomic E-state index is 10.9. The van der Waals surface area contributed by atoms with Crippen LogP contribution < -0.4 is 4.90 Å². The molecule has 1 aromatic carbocycles. The first-order chi connectivity index (χ1) is 7.84. The molecule has 0 aliphatic heterocycles. The Morgan fingerprint density at radius 1 is 1.18 bits per heavy atom. The van der Waals surface area contributed by atoms with Crippen molar-refractivity contribution < 1.29 is 9.90 Å². The fourth-order valence-corrected chi connectivity index (χ4v) is 1.84. The third-order valence-electron chi connectivity index (χ3n) is 3.01. The summed E-state index contributed by atoms with van der Waals surface area (Å²) >= 11 is 0. The summed E-state index contributed by atoms with van der Waals surface area (Å²) < 4.78 is 0. The van der Waals surface area contributed by atoms with Crippen LogP contribution in [-0.4, -0.2) is 37.2 Å². The van der Waals surface area contributed by atoms with Crippen LogP contribution in [0.5, 0.6) is 0 Å². The van der Waals surface area contributed by atoms with Gasteiger partial charge in [0.15, 0.2) is 0 Å². The van der Waals surface area contributed by atoms with Gasteiger partial charge in [0, 0.05) is 19.3 Å². The molecule has 0 heterocycles. The van der Waals surface area contributed by atoms with Gasteiger partial charge >= 0.3 is 6.09 Å². The highest BCUT2D eigenvalue weighted by Gasteiger charge is 2.14. The molecule has 0 fully saturated rings. The van der Waals surface area contributed by atoms with Gasteiger partial charge in [-0.3, -0.25) is 4.90 Å². The van der Waals surface area contributed by atoms with Gasteiger partial charge in [-0.15, -0.1) is 0 Å². The molecule has 1 N–H and O–H groups in total. The van der Waals surface area contributed by atoms with Crippen molar-refractivity contribution in [2.75, 3.05) is 26.0 Å². The van der Waals surface area contributed by atoms with E-state index in [2.05, 4.69) is 4.90 Å². The lowest BCUT2D eigenvalue weighted by atomic mass is 10.0. The molecule has 17 heavy (non-hydrogen) atoms. The van der Waals surface area contributed by atoms with Gasteiger partial charge in [-0.05, 0) is 50.7 Å². The van der Waals surface area contributed by atoms with E-state index in [-0.39, 0.29) is 0 Å². The minimum Gasteiger partial charge on any atom is -0.465 e. The van der Waals surface area contributed by atoms with Crippen LogP contribution in [0.1, 0.15) is 16.7 Å². The molecule has 0 aliphatic carbocycles. The van der Waals surface area contributed by atoms with Gasteiger partial charge in [-0.2, -0.15) is 0 Å². The second-order valence-electron chi connectivity index (χ2n) is 4.57. The summed E-state index contributed by atoms with van der Waals surface area (Å²) in [6.07, 6.45) is -0.937. The zero-order valence-corrected chi connectivity index (χ0v) is 11.1. The Morgan fingerprint density at radius 2 is 1.76 bits per heavy atom. The van der Waals surface area contributed by atoms with Crippen molar-refractivity contribution in [1.82, 2.24) is 4.90 Å². The molecule has 0 spiro atoms. The molecule has 1 rings (SSSR count). The largest absolute Gasteiger partial charge is 0.465 e. The van der Waals surface area contributed by atoms with Gasteiger partial charge in [0.25, 0.3) is 0 Å². The number of rotatable bonds is 3. The van der Waals surface area contributed by atoms with Gasteiger partial charge < -0.3 is 10.0 Å². The summed E-state index contributed by atoms with van der Waals surface area (Å²) in [7, 11) is 5.61. The number of benzene rings is 1. The minimum absolute atomic E-state index is 0.748. The normalized spacial score (nSPS) is 10.7. The average molecular weight is 236 g/mol. The van der Waals surface area contributed by atoms with Gasteiger partial charge in [0.05, 0.1) is 0 Å². The Balaban J connectivity index is 3.14. The van der Waals surface area contributed by atoms with Crippen molar-refractivity contribution in [2.45, 2.75) is 20.4 Å². The molecule has 0 radical (unpaired) electrons. The van der Waals surface area contributed by atoms with E-state index < -0.39 is 6.09 Å². The Hall–Kier alpha value is -1.55. The maximum atomic E-state index is 10.9. The van der Waals surface area contributed by atoms with E-state index >= 15 is 0 Å². The number of hydrogen-bond acceptors (Lipinski definition) is 2. The second-order valence-corrected chi connectivity index (χ2v) is 4.57. The first-order valence-electron chi connectivity index (χ1n) is 5.55. The molecule has 0 atom stereocenters. The fraction of sp³-hybridized carbons (Fsp3) is 0.462. The Labute approximate surface area is 102 Å². The maximum Gasteiger partial charge on any atom is 0.411 e. The van der Waals surface area contributed by atoms with Crippen LogP contribution in [0, 0.1) is 13.8 Å². The Bertz CT molecular complexity index is 428. The molecule has 0 unspecified atom stereocenters. The van der Waals surface area contributed by atoms with Crippen LogP contribution in [0.4, 0.5) is 10.5 Å². The lowest BCUT2D eigenvalue weighted by molar-refractivity contribution is 0.203. The highest BCUT2D eigenvalue weighted by Crippen LogP contribution is 2.25. The summed E-state index contributed by atoms with van der Waals surface area (Å²) in [6, 6.07) is 3.87. The zero-order valence-electron chi connectivity index (χ0n) is 11.1. The first-order valence-corrected chi connectivity index (χ1v) is 5.55. The van der Waals surface area contributed by atoms with Crippen molar-refractivity contribution in [3.63, 3.8) is 0 Å². The molecule has 0 saturated heterocycles. The monoisotopic (exact) mass is 236 g/mol. The predicted molar refractivity (Wildman–Crippen MR) is 69.7 cm³/mol. The standard InChI is InChI=1S/C13H20N2O2/c1-9-10(2)12(15(5)13(16)17)7-6-11(9)8-14(3)4/h6-7H,8H2,1-5H3,(H,16,17). The fourth-order valence-electron chi connectivity index (χ4n) is 1.84. The smallest absolute Gasteiger partial charge is 0.411 e. The summed E-state index contributed by atoms with van der Waals surface area (Å²) in [4.78, 5) is 14.3. The van der Waals surface area contributed by atoms with E-state index in [1.54, 1.807) is 7.05 Å². The van der Waals surface area contributed by atoms with Gasteiger partial charge in [0.2, 0.25) is 0 Å².